The van der Waals surface area contributed by atoms with Gasteiger partial charge in [-0.3, -0.25) is 9.59 Å². The molecule has 0 aliphatic heterocycles. The van der Waals surface area contributed by atoms with Crippen molar-refractivity contribution in [2.24, 2.45) is 0 Å². The topological polar surface area (TPSA) is 67.2 Å². The first-order valence-electron chi connectivity index (χ1n) is 11.6. The predicted octanol–water partition coefficient (Wildman–Crippen LogP) is 5.33. The lowest BCUT2D eigenvalue weighted by Gasteiger charge is -2.22. The third-order valence-electron chi connectivity index (χ3n) is 5.39. The van der Waals surface area contributed by atoms with Crippen LogP contribution in [0.1, 0.15) is 58.2 Å². The zero-order valence-corrected chi connectivity index (χ0v) is 20.0. The Morgan fingerprint density at radius 1 is 1.00 bits per heavy atom. The molecule has 0 bridgehead atoms. The second kappa shape index (κ2) is 10.9. The number of nitrogens with zero attached hydrogens (tertiary/aromatic N) is 3. The number of amides is 2. The van der Waals surface area contributed by atoms with Crippen LogP contribution in [0, 0.1) is 0 Å². The van der Waals surface area contributed by atoms with E-state index >= 15 is 0 Å². The van der Waals surface area contributed by atoms with Gasteiger partial charge in [0.25, 0.3) is 0 Å². The number of hydrogen-bond donors (Lipinski definition) is 1. The molecule has 0 aliphatic rings. The molecule has 1 N–H and O–H groups in total. The first-order chi connectivity index (χ1) is 15.8. The number of hydrogen-bond acceptors (Lipinski definition) is 3. The molecule has 174 valence electrons. The third kappa shape index (κ3) is 6.78. The maximum absolute atomic E-state index is 13.1. The highest BCUT2D eigenvalue weighted by Gasteiger charge is 2.23. The monoisotopic (exact) mass is 446 g/mol. The van der Waals surface area contributed by atoms with Gasteiger partial charge in [-0.25, -0.2) is 4.68 Å². The molecule has 2 aromatic carbocycles. The number of rotatable bonds is 9. The van der Waals surface area contributed by atoms with Crippen molar-refractivity contribution in [2.45, 2.75) is 58.9 Å². The Hall–Kier alpha value is -3.41. The molecule has 0 saturated carbocycles. The van der Waals surface area contributed by atoms with Crippen LogP contribution in [-0.4, -0.2) is 33.0 Å². The molecule has 0 radical (unpaired) electrons. The summed E-state index contributed by atoms with van der Waals surface area (Å²) in [4.78, 5) is 27.6. The zero-order valence-electron chi connectivity index (χ0n) is 20.0. The fourth-order valence-electron chi connectivity index (χ4n) is 3.48. The van der Waals surface area contributed by atoms with Crippen molar-refractivity contribution in [2.75, 3.05) is 11.9 Å². The summed E-state index contributed by atoms with van der Waals surface area (Å²) in [6, 6.07) is 21.4. The van der Waals surface area contributed by atoms with Gasteiger partial charge in [0.05, 0.1) is 11.4 Å². The number of carbonyl (C=O) groups is 2. The third-order valence-corrected chi connectivity index (χ3v) is 5.39. The number of para-hydroxylation sites is 1. The molecular weight excluding hydrogens is 412 g/mol. The molecule has 0 unspecified atom stereocenters. The smallest absolute Gasteiger partial charge is 0.245 e. The molecule has 0 atom stereocenters. The minimum Gasteiger partial charge on any atom is -0.329 e. The second-order valence-corrected chi connectivity index (χ2v) is 9.30. The lowest BCUT2D eigenvalue weighted by atomic mass is 9.92. The van der Waals surface area contributed by atoms with Crippen LogP contribution in [0.4, 0.5) is 5.82 Å². The summed E-state index contributed by atoms with van der Waals surface area (Å²) in [5, 5.41) is 7.75. The molecule has 0 saturated heterocycles. The summed E-state index contributed by atoms with van der Waals surface area (Å²) < 4.78 is 1.75. The van der Waals surface area contributed by atoms with Crippen LogP contribution >= 0.6 is 0 Å². The number of carbonyl (C=O) groups excluding carboxylic acids is 2. The quantitative estimate of drug-likeness (QED) is 0.483. The molecular formula is C27H34N4O2. The van der Waals surface area contributed by atoms with Crippen molar-refractivity contribution in [1.29, 1.82) is 0 Å². The Labute approximate surface area is 196 Å². The summed E-state index contributed by atoms with van der Waals surface area (Å²) in [6.45, 7) is 8.71. The molecule has 3 rings (SSSR count). The molecule has 33 heavy (non-hydrogen) atoms. The maximum atomic E-state index is 13.1. The van der Waals surface area contributed by atoms with Crippen LogP contribution in [0.5, 0.6) is 0 Å². The average Bonchev–Trinajstić information content (AvgIpc) is 3.22. The molecule has 3 aromatic rings. The second-order valence-electron chi connectivity index (χ2n) is 9.30. The van der Waals surface area contributed by atoms with Gasteiger partial charge in [-0.05, 0) is 24.1 Å². The van der Waals surface area contributed by atoms with Crippen molar-refractivity contribution >= 4 is 17.6 Å². The van der Waals surface area contributed by atoms with Crippen LogP contribution in [0.2, 0.25) is 0 Å². The minimum atomic E-state index is -0.242. The number of nitrogens with one attached hydrogen (secondary N) is 1. The number of aromatic nitrogens is 2. The maximum Gasteiger partial charge on any atom is 0.245 e. The van der Waals surface area contributed by atoms with Crippen molar-refractivity contribution < 1.29 is 9.59 Å². The van der Waals surface area contributed by atoms with E-state index < -0.39 is 0 Å². The van der Waals surface area contributed by atoms with Crippen LogP contribution < -0.4 is 5.32 Å². The Morgan fingerprint density at radius 3 is 2.24 bits per heavy atom. The first-order valence-corrected chi connectivity index (χ1v) is 11.6. The van der Waals surface area contributed by atoms with Gasteiger partial charge in [-0.1, -0.05) is 82.6 Å². The minimum absolute atomic E-state index is 0.0113. The summed E-state index contributed by atoms with van der Waals surface area (Å²) >= 11 is 0. The molecule has 0 aliphatic carbocycles. The lowest BCUT2D eigenvalue weighted by Crippen LogP contribution is -2.37. The van der Waals surface area contributed by atoms with E-state index in [1.807, 2.05) is 66.7 Å². The van der Waals surface area contributed by atoms with E-state index in [1.54, 1.807) is 9.58 Å². The van der Waals surface area contributed by atoms with Gasteiger partial charge in [0.15, 0.2) is 0 Å². The van der Waals surface area contributed by atoms with Gasteiger partial charge < -0.3 is 10.2 Å². The van der Waals surface area contributed by atoms with Crippen LogP contribution in [0.3, 0.4) is 0 Å². The Balaban J connectivity index is 1.82. The molecule has 1 aromatic heterocycles. The van der Waals surface area contributed by atoms with Gasteiger partial charge in [0.1, 0.15) is 12.4 Å². The summed E-state index contributed by atoms with van der Waals surface area (Å²) in [6.07, 6.45) is 2.18. The van der Waals surface area contributed by atoms with Crippen LogP contribution in [0.15, 0.2) is 66.7 Å². The Bertz CT molecular complexity index is 1050. The summed E-state index contributed by atoms with van der Waals surface area (Å²) in [7, 11) is 0. The van der Waals surface area contributed by atoms with E-state index in [0.29, 0.717) is 18.8 Å². The van der Waals surface area contributed by atoms with Gasteiger partial charge in [0, 0.05) is 24.4 Å². The number of unbranched alkanes of at least 4 members (excludes halogenated alkanes) is 1. The Morgan fingerprint density at radius 2 is 1.64 bits per heavy atom. The zero-order chi connectivity index (χ0) is 23.8. The highest BCUT2D eigenvalue weighted by molar-refractivity contribution is 5.94. The summed E-state index contributed by atoms with van der Waals surface area (Å²) in [5.74, 6) is 0.341. The van der Waals surface area contributed by atoms with Gasteiger partial charge >= 0.3 is 0 Å². The van der Waals surface area contributed by atoms with Crippen LogP contribution in [0.25, 0.3) is 5.69 Å². The van der Waals surface area contributed by atoms with E-state index in [9.17, 15) is 9.59 Å². The van der Waals surface area contributed by atoms with Crippen molar-refractivity contribution in [3.05, 3.63) is 78.0 Å². The van der Waals surface area contributed by atoms with Gasteiger partial charge in [-0.15, -0.1) is 0 Å². The molecule has 0 spiro atoms. The molecule has 1 heterocycles. The SMILES string of the molecule is CCCCC(=O)N(CC(=O)Nc1cc(C(C)(C)C)nn1-c1ccccc1)Cc1ccccc1. The predicted molar refractivity (Wildman–Crippen MR) is 132 cm³/mol. The highest BCUT2D eigenvalue weighted by Crippen LogP contribution is 2.26. The molecule has 6 nitrogen and oxygen atoms in total. The molecule has 6 heteroatoms. The largest absolute Gasteiger partial charge is 0.329 e. The van der Waals surface area contributed by atoms with Crippen molar-refractivity contribution in [1.82, 2.24) is 14.7 Å². The van der Waals surface area contributed by atoms with Crippen molar-refractivity contribution in [3.63, 3.8) is 0 Å². The fraction of sp³-hybridized carbons (Fsp3) is 0.370. The average molecular weight is 447 g/mol. The molecule has 0 fully saturated rings. The lowest BCUT2D eigenvalue weighted by molar-refractivity contribution is -0.135. The number of benzene rings is 2. The standard InChI is InChI=1S/C27H34N4O2/c1-5-6-17-26(33)30(19-21-13-9-7-10-14-21)20-25(32)28-24-18-23(27(2,3)4)29-31(24)22-15-11-8-12-16-22/h7-16,18H,5-6,17,19-20H2,1-4H3,(H,28,32). The highest BCUT2D eigenvalue weighted by atomic mass is 16.2. The van der Waals surface area contributed by atoms with Crippen molar-refractivity contribution in [3.8, 4) is 5.69 Å². The van der Waals surface area contributed by atoms with Crippen LogP contribution in [-0.2, 0) is 21.5 Å². The first kappa shape index (κ1) is 24.2. The van der Waals surface area contributed by atoms with E-state index in [-0.39, 0.29) is 23.8 Å². The van der Waals surface area contributed by atoms with E-state index in [1.165, 1.54) is 0 Å². The Kier molecular flexibility index (Phi) is 8.04. The van der Waals surface area contributed by atoms with E-state index in [2.05, 4.69) is 33.0 Å². The molecule has 2 amide bonds. The summed E-state index contributed by atoms with van der Waals surface area (Å²) in [5.41, 5.74) is 2.57. The number of anilines is 1. The van der Waals surface area contributed by atoms with Gasteiger partial charge in [-0.2, -0.15) is 5.10 Å². The fourth-order valence-corrected chi connectivity index (χ4v) is 3.48. The van der Waals surface area contributed by atoms with Gasteiger partial charge in [0.2, 0.25) is 11.8 Å². The normalized spacial score (nSPS) is 11.3. The van der Waals surface area contributed by atoms with E-state index in [4.69, 9.17) is 5.10 Å². The van der Waals surface area contributed by atoms with E-state index in [0.717, 1.165) is 29.8 Å².